The van der Waals surface area contributed by atoms with Gasteiger partial charge in [0.25, 0.3) is 0 Å². The predicted molar refractivity (Wildman–Crippen MR) is 28.0 cm³/mol. The molecule has 0 heterocycles. The lowest BCUT2D eigenvalue weighted by Gasteiger charge is -2.13. The molecule has 1 N–H and O–H groups in total. The average Bonchev–Trinajstić information content (AvgIpc) is 1.30. The first kappa shape index (κ1) is 6.92. The van der Waals surface area contributed by atoms with Crippen LogP contribution in [-0.4, -0.2) is 11.9 Å². The first-order valence-electron chi connectivity index (χ1n) is 2.32. The third-order valence-electron chi connectivity index (χ3n) is 0.498. The highest BCUT2D eigenvalue weighted by atomic mass is 17.1. The van der Waals surface area contributed by atoms with Gasteiger partial charge in [0.1, 0.15) is 0 Å². The zero-order valence-electron chi connectivity index (χ0n) is 5.06. The van der Waals surface area contributed by atoms with Crippen LogP contribution in [0, 0.1) is 5.41 Å². The maximum atomic E-state index is 7.90. The number of hydrogen-bond donors (Lipinski definition) is 1. The van der Waals surface area contributed by atoms with Gasteiger partial charge in [0.05, 0.1) is 6.61 Å². The van der Waals surface area contributed by atoms with Crippen molar-refractivity contribution in [3.05, 3.63) is 0 Å². The Morgan fingerprint density at radius 1 is 1.43 bits per heavy atom. The van der Waals surface area contributed by atoms with E-state index in [1.165, 1.54) is 0 Å². The fourth-order valence-corrected chi connectivity index (χ4v) is 0.194. The smallest absolute Gasteiger partial charge is 0.0868 e. The van der Waals surface area contributed by atoms with Crippen LogP contribution in [0.15, 0.2) is 0 Å². The van der Waals surface area contributed by atoms with E-state index in [4.69, 9.17) is 5.26 Å². The van der Waals surface area contributed by atoms with Gasteiger partial charge < -0.3 is 0 Å². The zero-order valence-corrected chi connectivity index (χ0v) is 5.06. The second kappa shape index (κ2) is 2.28. The molecular weight excluding hydrogens is 92.1 g/mol. The van der Waals surface area contributed by atoms with Gasteiger partial charge in [-0.2, -0.15) is 0 Å². The van der Waals surface area contributed by atoms with Crippen LogP contribution in [0.4, 0.5) is 0 Å². The molecule has 0 spiro atoms. The van der Waals surface area contributed by atoms with Crippen molar-refractivity contribution in [3.63, 3.8) is 0 Å². The highest BCUT2D eigenvalue weighted by Gasteiger charge is 2.08. The van der Waals surface area contributed by atoms with Crippen LogP contribution in [0.1, 0.15) is 20.8 Å². The molecule has 2 heteroatoms. The summed E-state index contributed by atoms with van der Waals surface area (Å²) in [6, 6.07) is 0. The molecule has 44 valence electrons. The molecule has 0 aromatic carbocycles. The van der Waals surface area contributed by atoms with Crippen molar-refractivity contribution in [1.29, 1.82) is 0 Å². The summed E-state index contributed by atoms with van der Waals surface area (Å²) in [5.41, 5.74) is 0.0781. The molecule has 0 atom stereocenters. The summed E-state index contributed by atoms with van der Waals surface area (Å²) < 4.78 is 0. The van der Waals surface area contributed by atoms with Crippen molar-refractivity contribution < 1.29 is 10.1 Å². The molecule has 0 amide bonds. The Bertz CT molecular complexity index is 44.5. The van der Waals surface area contributed by atoms with E-state index in [0.717, 1.165) is 0 Å². The van der Waals surface area contributed by atoms with E-state index < -0.39 is 0 Å². The van der Waals surface area contributed by atoms with Gasteiger partial charge in [0.15, 0.2) is 0 Å². The SMILES string of the molecule is CC(C)(C)COO. The summed E-state index contributed by atoms with van der Waals surface area (Å²) in [5.74, 6) is 0. The van der Waals surface area contributed by atoms with Crippen molar-refractivity contribution in [2.45, 2.75) is 20.8 Å². The van der Waals surface area contributed by atoms with Crippen LogP contribution in [0.25, 0.3) is 0 Å². The van der Waals surface area contributed by atoms with Gasteiger partial charge >= 0.3 is 0 Å². The van der Waals surface area contributed by atoms with Gasteiger partial charge in [-0.1, -0.05) is 20.8 Å². The molecule has 0 saturated heterocycles. The Kier molecular flexibility index (Phi) is 2.26. The van der Waals surface area contributed by atoms with Crippen LogP contribution in [0.3, 0.4) is 0 Å². The third-order valence-corrected chi connectivity index (χ3v) is 0.498. The van der Waals surface area contributed by atoms with Crippen molar-refractivity contribution >= 4 is 0 Å². The molecule has 0 aliphatic carbocycles. The molecule has 2 nitrogen and oxygen atoms in total. The molecule has 0 rings (SSSR count). The quantitative estimate of drug-likeness (QED) is 0.403. The maximum Gasteiger partial charge on any atom is 0.0868 e. The van der Waals surface area contributed by atoms with E-state index in [2.05, 4.69) is 4.89 Å². The minimum atomic E-state index is 0.0781. The van der Waals surface area contributed by atoms with Crippen molar-refractivity contribution in [2.75, 3.05) is 6.61 Å². The summed E-state index contributed by atoms with van der Waals surface area (Å²) in [6.45, 7) is 6.36. The van der Waals surface area contributed by atoms with Crippen LogP contribution in [0.2, 0.25) is 0 Å². The molecule has 0 radical (unpaired) electrons. The highest BCUT2D eigenvalue weighted by Crippen LogP contribution is 2.11. The van der Waals surface area contributed by atoms with E-state index in [1.54, 1.807) is 0 Å². The summed E-state index contributed by atoms with van der Waals surface area (Å²) in [7, 11) is 0. The summed E-state index contributed by atoms with van der Waals surface area (Å²) in [5, 5.41) is 7.90. The van der Waals surface area contributed by atoms with E-state index in [1.807, 2.05) is 20.8 Å². The van der Waals surface area contributed by atoms with Gasteiger partial charge in [-0.3, -0.25) is 5.26 Å². The summed E-state index contributed by atoms with van der Waals surface area (Å²) in [4.78, 5) is 3.91. The third kappa shape index (κ3) is 5.92. The van der Waals surface area contributed by atoms with Crippen LogP contribution < -0.4 is 0 Å². The Morgan fingerprint density at radius 3 is 1.86 bits per heavy atom. The minimum Gasteiger partial charge on any atom is -0.252 e. The van der Waals surface area contributed by atoms with E-state index in [-0.39, 0.29) is 5.41 Å². The fourth-order valence-electron chi connectivity index (χ4n) is 0.194. The number of rotatable bonds is 1. The second-order valence-corrected chi connectivity index (χ2v) is 2.83. The summed E-state index contributed by atoms with van der Waals surface area (Å²) in [6.07, 6.45) is 0. The second-order valence-electron chi connectivity index (χ2n) is 2.83. The molecule has 0 aromatic rings. The van der Waals surface area contributed by atoms with Crippen LogP contribution in [-0.2, 0) is 4.89 Å². The number of hydrogen-bond acceptors (Lipinski definition) is 2. The lowest BCUT2D eigenvalue weighted by Crippen LogP contribution is -2.12. The van der Waals surface area contributed by atoms with E-state index in [9.17, 15) is 0 Å². The van der Waals surface area contributed by atoms with Crippen LogP contribution in [0.5, 0.6) is 0 Å². The summed E-state index contributed by atoms with van der Waals surface area (Å²) >= 11 is 0. The first-order valence-corrected chi connectivity index (χ1v) is 2.32. The van der Waals surface area contributed by atoms with E-state index >= 15 is 0 Å². The standard InChI is InChI=1S/C5H12O2/c1-5(2,3)4-7-6/h6H,4H2,1-3H3. The molecule has 0 fully saturated rings. The molecular formula is C5H12O2. The van der Waals surface area contributed by atoms with Gasteiger partial charge in [-0.25, -0.2) is 4.89 Å². The molecule has 0 unspecified atom stereocenters. The highest BCUT2D eigenvalue weighted by molar-refractivity contribution is 4.56. The van der Waals surface area contributed by atoms with E-state index in [0.29, 0.717) is 6.61 Å². The molecule has 7 heavy (non-hydrogen) atoms. The molecule has 0 bridgehead atoms. The Morgan fingerprint density at radius 2 is 1.86 bits per heavy atom. The van der Waals surface area contributed by atoms with Gasteiger partial charge in [0.2, 0.25) is 0 Å². The van der Waals surface area contributed by atoms with Gasteiger partial charge in [-0.15, -0.1) is 0 Å². The van der Waals surface area contributed by atoms with Crippen molar-refractivity contribution in [3.8, 4) is 0 Å². The Labute approximate surface area is 44.0 Å². The Hall–Kier alpha value is -0.0800. The van der Waals surface area contributed by atoms with Gasteiger partial charge in [-0.05, 0) is 5.41 Å². The molecule has 0 aliphatic rings. The lowest BCUT2D eigenvalue weighted by molar-refractivity contribution is -0.258. The van der Waals surface area contributed by atoms with Crippen molar-refractivity contribution in [2.24, 2.45) is 5.41 Å². The lowest BCUT2D eigenvalue weighted by atomic mass is 9.99. The van der Waals surface area contributed by atoms with Crippen LogP contribution >= 0.6 is 0 Å². The largest absolute Gasteiger partial charge is 0.252 e. The predicted octanol–water partition coefficient (Wildman–Crippen LogP) is 1.52. The molecule has 0 aromatic heterocycles. The average molecular weight is 104 g/mol. The molecule has 0 aliphatic heterocycles. The topological polar surface area (TPSA) is 29.5 Å². The molecule has 0 saturated carbocycles. The maximum absolute atomic E-state index is 7.90. The van der Waals surface area contributed by atoms with Gasteiger partial charge in [0, 0.05) is 0 Å². The minimum absolute atomic E-state index is 0.0781. The zero-order chi connectivity index (χ0) is 5.91. The fraction of sp³-hybridized carbons (Fsp3) is 1.00. The normalized spacial score (nSPS) is 12.0. The Balaban J connectivity index is 3.15. The van der Waals surface area contributed by atoms with Crippen molar-refractivity contribution in [1.82, 2.24) is 0 Å². The monoisotopic (exact) mass is 104 g/mol. The first-order chi connectivity index (χ1) is 3.06.